The van der Waals surface area contributed by atoms with E-state index >= 15 is 0 Å². The van der Waals surface area contributed by atoms with Gasteiger partial charge in [0.05, 0.1) is 22.0 Å². The number of nitrogens with zero attached hydrogens (tertiary/aromatic N) is 2. The minimum absolute atomic E-state index is 0.0199. The van der Waals surface area contributed by atoms with Crippen LogP contribution in [-0.4, -0.2) is 46.0 Å². The Morgan fingerprint density at radius 1 is 1.29 bits per heavy atom. The van der Waals surface area contributed by atoms with Gasteiger partial charge in [-0.3, -0.25) is 10.1 Å². The lowest BCUT2D eigenvalue weighted by molar-refractivity contribution is -0.385. The average molecular weight is 428 g/mol. The summed E-state index contributed by atoms with van der Waals surface area (Å²) < 4.78 is 33.2. The van der Waals surface area contributed by atoms with Gasteiger partial charge in [-0.05, 0) is 44.8 Å². The fourth-order valence-corrected chi connectivity index (χ4v) is 4.07. The molecule has 0 aliphatic heterocycles. The Hall–Kier alpha value is -2.20. The average Bonchev–Trinajstić information content (AvgIpc) is 2.63. The number of sulfonamides is 1. The van der Waals surface area contributed by atoms with Crippen molar-refractivity contribution in [3.8, 4) is 5.75 Å². The second-order valence-corrected chi connectivity index (χ2v) is 8.59. The molecule has 152 valence electrons. The van der Waals surface area contributed by atoms with Crippen LogP contribution in [0.2, 0.25) is 5.02 Å². The molecule has 10 heteroatoms. The lowest BCUT2D eigenvalue weighted by Crippen LogP contribution is -2.34. The second-order valence-electron chi connectivity index (χ2n) is 6.41. The maximum atomic E-state index is 12.7. The summed E-state index contributed by atoms with van der Waals surface area (Å²) in [6, 6.07) is 9.26. The molecule has 0 bridgehead atoms. The normalized spacial score (nSPS) is 12.8. The molecule has 2 aromatic rings. The third-order valence-electron chi connectivity index (χ3n) is 4.37. The van der Waals surface area contributed by atoms with Crippen LogP contribution >= 0.6 is 11.6 Å². The number of rotatable bonds is 8. The number of benzene rings is 2. The summed E-state index contributed by atoms with van der Waals surface area (Å²) in [6.07, 6.45) is 0. The number of nitrogens with one attached hydrogen (secondary N) is 1. The maximum absolute atomic E-state index is 12.7. The minimum Gasteiger partial charge on any atom is -0.497 e. The van der Waals surface area contributed by atoms with E-state index in [4.69, 9.17) is 16.3 Å². The van der Waals surface area contributed by atoms with Crippen LogP contribution in [0.5, 0.6) is 5.75 Å². The molecule has 0 fully saturated rings. The van der Waals surface area contributed by atoms with E-state index < -0.39 is 14.9 Å². The topological polar surface area (TPSA) is 102 Å². The number of nitro groups is 1. The quantitative estimate of drug-likeness (QED) is 0.513. The SMILES string of the molecule is COc1cccc(C(CNS(=O)(=O)c2cc(Cl)c(C)c([N+](=O)[O-])c2)N(C)C)c1. The Bertz CT molecular complexity index is 979. The van der Waals surface area contributed by atoms with Gasteiger partial charge in [-0.15, -0.1) is 0 Å². The predicted octanol–water partition coefficient (Wildman–Crippen LogP) is 3.15. The summed E-state index contributed by atoms with van der Waals surface area (Å²) in [5.74, 6) is 0.660. The van der Waals surface area contributed by atoms with Crippen molar-refractivity contribution in [1.82, 2.24) is 9.62 Å². The van der Waals surface area contributed by atoms with Crippen LogP contribution in [-0.2, 0) is 10.0 Å². The molecule has 0 radical (unpaired) electrons. The van der Waals surface area contributed by atoms with Crippen LogP contribution in [0, 0.1) is 17.0 Å². The summed E-state index contributed by atoms with van der Waals surface area (Å²) in [7, 11) is 1.20. The molecule has 0 saturated heterocycles. The van der Waals surface area contributed by atoms with Crippen molar-refractivity contribution >= 4 is 27.3 Å². The summed E-state index contributed by atoms with van der Waals surface area (Å²) in [5.41, 5.74) is 0.734. The van der Waals surface area contributed by atoms with Crippen molar-refractivity contribution in [2.45, 2.75) is 17.9 Å². The van der Waals surface area contributed by atoms with E-state index in [1.807, 2.05) is 37.2 Å². The van der Waals surface area contributed by atoms with Crippen molar-refractivity contribution in [2.24, 2.45) is 0 Å². The first-order valence-corrected chi connectivity index (χ1v) is 10.2. The second kappa shape index (κ2) is 8.87. The van der Waals surface area contributed by atoms with Crippen LogP contribution in [0.3, 0.4) is 0 Å². The van der Waals surface area contributed by atoms with E-state index in [2.05, 4.69) is 4.72 Å². The molecule has 0 spiro atoms. The predicted molar refractivity (Wildman–Crippen MR) is 107 cm³/mol. The van der Waals surface area contributed by atoms with Gasteiger partial charge in [0.15, 0.2) is 0 Å². The molecule has 0 aromatic heterocycles. The number of hydrogen-bond donors (Lipinski definition) is 1. The van der Waals surface area contributed by atoms with Gasteiger partial charge in [-0.1, -0.05) is 23.7 Å². The minimum atomic E-state index is -4.00. The molecule has 0 aliphatic carbocycles. The summed E-state index contributed by atoms with van der Waals surface area (Å²) in [4.78, 5) is 12.1. The van der Waals surface area contributed by atoms with Crippen LogP contribution < -0.4 is 9.46 Å². The van der Waals surface area contributed by atoms with Crippen LogP contribution in [0.1, 0.15) is 17.2 Å². The van der Waals surface area contributed by atoms with Crippen molar-refractivity contribution in [1.29, 1.82) is 0 Å². The Balaban J connectivity index is 2.31. The van der Waals surface area contributed by atoms with Crippen molar-refractivity contribution in [3.05, 3.63) is 62.7 Å². The Labute approximate surface area is 169 Å². The van der Waals surface area contributed by atoms with Crippen LogP contribution in [0.15, 0.2) is 41.3 Å². The highest BCUT2D eigenvalue weighted by atomic mass is 35.5. The smallest absolute Gasteiger partial charge is 0.275 e. The fourth-order valence-electron chi connectivity index (χ4n) is 2.70. The monoisotopic (exact) mass is 427 g/mol. The van der Waals surface area contributed by atoms with E-state index in [0.717, 1.165) is 11.6 Å². The van der Waals surface area contributed by atoms with E-state index in [-0.39, 0.29) is 33.8 Å². The molecule has 0 heterocycles. The standard InChI is InChI=1S/C18H22ClN3O5S/c1-12-16(19)9-15(10-17(12)22(23)24)28(25,26)20-11-18(21(2)3)13-6-5-7-14(8-13)27-4/h5-10,18,20H,11H2,1-4H3. The molecular formula is C18H22ClN3O5S. The Morgan fingerprint density at radius 2 is 1.96 bits per heavy atom. The zero-order valence-electron chi connectivity index (χ0n) is 16.0. The van der Waals surface area contributed by atoms with Gasteiger partial charge >= 0.3 is 0 Å². The lowest BCUT2D eigenvalue weighted by atomic mass is 10.1. The number of methoxy groups -OCH3 is 1. The Kier molecular flexibility index (Phi) is 7.00. The number of nitro benzene ring substituents is 1. The first-order chi connectivity index (χ1) is 13.1. The largest absolute Gasteiger partial charge is 0.497 e. The summed E-state index contributed by atoms with van der Waals surface area (Å²) >= 11 is 5.99. The van der Waals surface area contributed by atoms with Crippen molar-refractivity contribution in [3.63, 3.8) is 0 Å². The van der Waals surface area contributed by atoms with Gasteiger partial charge in [0, 0.05) is 24.2 Å². The highest BCUT2D eigenvalue weighted by molar-refractivity contribution is 7.89. The number of ether oxygens (including phenoxy) is 1. The fraction of sp³-hybridized carbons (Fsp3) is 0.333. The molecule has 1 unspecified atom stereocenters. The van der Waals surface area contributed by atoms with Crippen molar-refractivity contribution < 1.29 is 18.1 Å². The van der Waals surface area contributed by atoms with E-state index in [9.17, 15) is 18.5 Å². The van der Waals surface area contributed by atoms with Crippen LogP contribution in [0.25, 0.3) is 0 Å². The zero-order chi connectivity index (χ0) is 21.1. The molecule has 1 N–H and O–H groups in total. The third-order valence-corrected chi connectivity index (χ3v) is 6.16. The maximum Gasteiger partial charge on any atom is 0.275 e. The number of likely N-dealkylation sites (N-methyl/N-ethyl adjacent to an activating group) is 1. The van der Waals surface area contributed by atoms with E-state index in [0.29, 0.717) is 5.75 Å². The summed E-state index contributed by atoms with van der Waals surface area (Å²) in [5, 5.41) is 11.2. The van der Waals surface area contributed by atoms with Gasteiger partial charge in [0.2, 0.25) is 10.0 Å². The highest BCUT2D eigenvalue weighted by Gasteiger charge is 2.24. The molecule has 2 aromatic carbocycles. The molecule has 0 amide bonds. The van der Waals surface area contributed by atoms with Crippen molar-refractivity contribution in [2.75, 3.05) is 27.7 Å². The molecule has 28 heavy (non-hydrogen) atoms. The third kappa shape index (κ3) is 4.99. The van der Waals surface area contributed by atoms with Gasteiger partial charge in [0.25, 0.3) is 5.69 Å². The molecule has 8 nitrogen and oxygen atoms in total. The van der Waals surface area contributed by atoms with Gasteiger partial charge < -0.3 is 9.64 Å². The molecular weight excluding hydrogens is 406 g/mol. The van der Waals surface area contributed by atoms with E-state index in [1.165, 1.54) is 13.0 Å². The first-order valence-electron chi connectivity index (χ1n) is 8.31. The molecule has 0 saturated carbocycles. The van der Waals surface area contributed by atoms with Gasteiger partial charge in [-0.2, -0.15) is 0 Å². The molecule has 1 atom stereocenters. The van der Waals surface area contributed by atoms with Crippen LogP contribution in [0.4, 0.5) is 5.69 Å². The molecule has 2 rings (SSSR count). The molecule has 0 aliphatic rings. The first kappa shape index (κ1) is 22.1. The number of halogens is 1. The zero-order valence-corrected chi connectivity index (χ0v) is 17.5. The van der Waals surface area contributed by atoms with Gasteiger partial charge in [-0.25, -0.2) is 13.1 Å². The lowest BCUT2D eigenvalue weighted by Gasteiger charge is -2.25. The number of hydrogen-bond acceptors (Lipinski definition) is 6. The Morgan fingerprint density at radius 3 is 2.54 bits per heavy atom. The van der Waals surface area contributed by atoms with E-state index in [1.54, 1.807) is 13.2 Å². The van der Waals surface area contributed by atoms with Gasteiger partial charge in [0.1, 0.15) is 5.75 Å². The summed E-state index contributed by atoms with van der Waals surface area (Å²) in [6.45, 7) is 1.52. The highest BCUT2D eigenvalue weighted by Crippen LogP contribution is 2.30.